The maximum Gasteiger partial charge on any atom is 0.273 e. The summed E-state index contributed by atoms with van der Waals surface area (Å²) < 4.78 is 5.73. The molecule has 5 nitrogen and oxygen atoms in total. The van der Waals surface area contributed by atoms with E-state index >= 15 is 0 Å². The lowest BCUT2D eigenvalue weighted by molar-refractivity contribution is -0.121. The molecule has 0 aliphatic carbocycles. The number of ether oxygens (including phenoxy) is 1. The average Bonchev–Trinajstić information content (AvgIpc) is 2.59. The molecule has 0 saturated carbocycles. The number of carbonyl (C=O) groups is 2. The summed E-state index contributed by atoms with van der Waals surface area (Å²) in [6, 6.07) is 16.6. The summed E-state index contributed by atoms with van der Waals surface area (Å²) in [7, 11) is 0. The van der Waals surface area contributed by atoms with Crippen molar-refractivity contribution in [2.75, 3.05) is 0 Å². The minimum atomic E-state index is -0.405. The molecule has 2 aromatic carbocycles. The van der Waals surface area contributed by atoms with Crippen LogP contribution >= 0.6 is 0 Å². The van der Waals surface area contributed by atoms with Gasteiger partial charge in [0.1, 0.15) is 12.4 Å². The number of para-hydroxylation sites is 1. The van der Waals surface area contributed by atoms with Crippen molar-refractivity contribution in [2.45, 2.75) is 26.4 Å². The molecular formula is C18H20N2O3. The summed E-state index contributed by atoms with van der Waals surface area (Å²) in [5.74, 6) is -0.153. The number of hydrazine groups is 1. The van der Waals surface area contributed by atoms with E-state index in [9.17, 15) is 9.59 Å². The molecule has 0 atom stereocenters. The molecule has 2 aromatic rings. The monoisotopic (exact) mass is 312 g/mol. The van der Waals surface area contributed by atoms with Gasteiger partial charge >= 0.3 is 0 Å². The molecule has 0 spiro atoms. The summed E-state index contributed by atoms with van der Waals surface area (Å²) in [4.78, 5) is 23.6. The summed E-state index contributed by atoms with van der Waals surface area (Å²) in [6.45, 7) is 2.27. The van der Waals surface area contributed by atoms with Crippen LogP contribution in [-0.4, -0.2) is 11.8 Å². The third-order valence-corrected chi connectivity index (χ3v) is 3.16. The summed E-state index contributed by atoms with van der Waals surface area (Å²) in [6.07, 6.45) is 1.09. The number of carbonyl (C=O) groups excluding carboxylic acids is 2. The zero-order chi connectivity index (χ0) is 16.5. The van der Waals surface area contributed by atoms with E-state index in [0.29, 0.717) is 24.3 Å². The lowest BCUT2D eigenvalue weighted by atomic mass is 10.2. The van der Waals surface area contributed by atoms with Gasteiger partial charge in [-0.1, -0.05) is 49.4 Å². The third-order valence-electron chi connectivity index (χ3n) is 3.16. The molecule has 5 heteroatoms. The van der Waals surface area contributed by atoms with Gasteiger partial charge in [0.2, 0.25) is 5.91 Å². The highest BCUT2D eigenvalue weighted by atomic mass is 16.5. The fraction of sp³-hybridized carbons (Fsp3) is 0.222. The Labute approximate surface area is 135 Å². The normalized spacial score (nSPS) is 9.96. The van der Waals surface area contributed by atoms with Gasteiger partial charge in [0.05, 0.1) is 5.56 Å². The van der Waals surface area contributed by atoms with Gasteiger partial charge in [-0.2, -0.15) is 0 Å². The summed E-state index contributed by atoms with van der Waals surface area (Å²) in [5, 5.41) is 0. The van der Waals surface area contributed by atoms with Gasteiger partial charge in [-0.3, -0.25) is 20.4 Å². The lowest BCUT2D eigenvalue weighted by Crippen LogP contribution is -2.41. The van der Waals surface area contributed by atoms with Crippen LogP contribution in [-0.2, 0) is 11.4 Å². The quantitative estimate of drug-likeness (QED) is 0.806. The third kappa shape index (κ3) is 5.14. The first-order valence-electron chi connectivity index (χ1n) is 7.55. The molecule has 120 valence electrons. The maximum atomic E-state index is 12.2. The van der Waals surface area contributed by atoms with E-state index in [0.717, 1.165) is 12.0 Å². The Kier molecular flexibility index (Phi) is 6.17. The van der Waals surface area contributed by atoms with Gasteiger partial charge in [-0.25, -0.2) is 0 Å². The van der Waals surface area contributed by atoms with Crippen molar-refractivity contribution in [2.24, 2.45) is 0 Å². The van der Waals surface area contributed by atoms with Crippen LogP contribution < -0.4 is 15.6 Å². The van der Waals surface area contributed by atoms with Crippen molar-refractivity contribution >= 4 is 11.8 Å². The van der Waals surface area contributed by atoms with E-state index in [1.165, 1.54) is 0 Å². The molecule has 2 rings (SSSR count). The smallest absolute Gasteiger partial charge is 0.273 e. The summed E-state index contributed by atoms with van der Waals surface area (Å²) in [5.41, 5.74) is 6.18. The summed E-state index contributed by atoms with van der Waals surface area (Å²) >= 11 is 0. The highest BCUT2D eigenvalue weighted by molar-refractivity contribution is 5.97. The first-order valence-corrected chi connectivity index (χ1v) is 7.55. The minimum absolute atomic E-state index is 0.219. The van der Waals surface area contributed by atoms with Crippen molar-refractivity contribution in [1.82, 2.24) is 10.9 Å². The second kappa shape index (κ2) is 8.58. The molecule has 0 aliphatic rings. The molecule has 0 radical (unpaired) electrons. The number of hydrogen-bond acceptors (Lipinski definition) is 3. The first-order chi connectivity index (χ1) is 11.2. The van der Waals surface area contributed by atoms with E-state index in [-0.39, 0.29) is 5.91 Å². The molecular weight excluding hydrogens is 292 g/mol. The Morgan fingerprint density at radius 1 is 0.957 bits per heavy atom. The fourth-order valence-electron chi connectivity index (χ4n) is 2.00. The molecule has 0 saturated heterocycles. The van der Waals surface area contributed by atoms with Gasteiger partial charge in [-0.15, -0.1) is 0 Å². The number of benzene rings is 2. The topological polar surface area (TPSA) is 67.4 Å². The number of amides is 2. The zero-order valence-corrected chi connectivity index (χ0v) is 13.0. The number of rotatable bonds is 6. The Hall–Kier alpha value is -2.82. The zero-order valence-electron chi connectivity index (χ0n) is 13.0. The highest BCUT2D eigenvalue weighted by Crippen LogP contribution is 2.19. The second-order valence-corrected chi connectivity index (χ2v) is 5.02. The van der Waals surface area contributed by atoms with E-state index in [4.69, 9.17) is 4.74 Å². The van der Waals surface area contributed by atoms with E-state index in [1.807, 2.05) is 37.3 Å². The number of nitrogens with one attached hydrogen (secondary N) is 2. The Bertz CT molecular complexity index is 656. The predicted octanol–water partition coefficient (Wildman–Crippen LogP) is 2.83. The molecule has 23 heavy (non-hydrogen) atoms. The van der Waals surface area contributed by atoms with Gasteiger partial charge in [0.15, 0.2) is 0 Å². The molecule has 2 N–H and O–H groups in total. The van der Waals surface area contributed by atoms with E-state index < -0.39 is 5.91 Å². The molecule has 2 amide bonds. The van der Waals surface area contributed by atoms with Crippen molar-refractivity contribution in [3.63, 3.8) is 0 Å². The molecule has 0 aromatic heterocycles. The Balaban J connectivity index is 1.99. The van der Waals surface area contributed by atoms with Crippen LogP contribution in [0.1, 0.15) is 35.7 Å². The highest BCUT2D eigenvalue weighted by Gasteiger charge is 2.12. The standard InChI is InChI=1S/C18H20N2O3/c1-2-8-17(21)19-20-18(22)15-11-6-7-12-16(15)23-13-14-9-4-3-5-10-14/h3-7,9-12H,2,8,13H2,1H3,(H,19,21)(H,20,22). The molecule has 0 heterocycles. The maximum absolute atomic E-state index is 12.2. The van der Waals surface area contributed by atoms with Crippen molar-refractivity contribution in [3.8, 4) is 5.75 Å². The van der Waals surface area contributed by atoms with E-state index in [1.54, 1.807) is 24.3 Å². The first kappa shape index (κ1) is 16.5. The molecule has 0 fully saturated rings. The van der Waals surface area contributed by atoms with Crippen LogP contribution in [0.2, 0.25) is 0 Å². The Morgan fingerprint density at radius 2 is 1.65 bits per heavy atom. The lowest BCUT2D eigenvalue weighted by Gasteiger charge is -2.12. The average molecular weight is 312 g/mol. The van der Waals surface area contributed by atoms with Crippen molar-refractivity contribution in [3.05, 3.63) is 65.7 Å². The fourth-order valence-corrected chi connectivity index (χ4v) is 2.00. The van der Waals surface area contributed by atoms with Gasteiger partial charge in [-0.05, 0) is 24.1 Å². The van der Waals surface area contributed by atoms with Gasteiger partial charge in [0, 0.05) is 6.42 Å². The minimum Gasteiger partial charge on any atom is -0.488 e. The van der Waals surface area contributed by atoms with Crippen molar-refractivity contribution < 1.29 is 14.3 Å². The predicted molar refractivity (Wildman–Crippen MR) is 87.7 cm³/mol. The van der Waals surface area contributed by atoms with Crippen LogP contribution in [0.3, 0.4) is 0 Å². The van der Waals surface area contributed by atoms with Crippen LogP contribution in [0.5, 0.6) is 5.75 Å². The Morgan fingerprint density at radius 3 is 2.39 bits per heavy atom. The number of hydrogen-bond donors (Lipinski definition) is 2. The largest absolute Gasteiger partial charge is 0.488 e. The van der Waals surface area contributed by atoms with Crippen molar-refractivity contribution in [1.29, 1.82) is 0 Å². The van der Waals surface area contributed by atoms with Crippen LogP contribution in [0.4, 0.5) is 0 Å². The van der Waals surface area contributed by atoms with Crippen LogP contribution in [0.25, 0.3) is 0 Å². The SMILES string of the molecule is CCCC(=O)NNC(=O)c1ccccc1OCc1ccccc1. The van der Waals surface area contributed by atoms with Crippen LogP contribution in [0.15, 0.2) is 54.6 Å². The van der Waals surface area contributed by atoms with Gasteiger partial charge in [0.25, 0.3) is 5.91 Å². The van der Waals surface area contributed by atoms with Crippen LogP contribution in [0, 0.1) is 0 Å². The molecule has 0 aliphatic heterocycles. The van der Waals surface area contributed by atoms with Gasteiger partial charge < -0.3 is 4.74 Å². The van der Waals surface area contributed by atoms with E-state index in [2.05, 4.69) is 10.9 Å². The molecule has 0 unspecified atom stereocenters. The second-order valence-electron chi connectivity index (χ2n) is 5.02. The molecule has 0 bridgehead atoms.